The van der Waals surface area contributed by atoms with Crippen LogP contribution in [0.2, 0.25) is 0 Å². The second-order valence-corrected chi connectivity index (χ2v) is 6.27. The summed E-state index contributed by atoms with van der Waals surface area (Å²) in [5.74, 6) is 0. The molecule has 0 saturated heterocycles. The molecule has 0 radical (unpaired) electrons. The predicted molar refractivity (Wildman–Crippen MR) is 105 cm³/mol. The Hall–Kier alpha value is -3.17. The molecule has 0 amide bonds. The van der Waals surface area contributed by atoms with Crippen LogP contribution in [0.1, 0.15) is 22.7 Å². The second-order valence-electron chi connectivity index (χ2n) is 6.27. The van der Waals surface area contributed by atoms with Crippen LogP contribution in [0, 0.1) is 0 Å². The van der Waals surface area contributed by atoms with E-state index in [1.807, 2.05) is 17.1 Å². The molecule has 3 aromatic carbocycles. The molecule has 0 fully saturated rings. The molecule has 0 aliphatic heterocycles. The number of nitrogens with zero attached hydrogens (tertiary/aromatic N) is 2. The lowest BCUT2D eigenvalue weighted by Crippen LogP contribution is -2.22. The molecule has 1 heterocycles. The summed E-state index contributed by atoms with van der Waals surface area (Å²) in [7, 11) is 0. The molecule has 0 atom stereocenters. The molecule has 0 aliphatic carbocycles. The summed E-state index contributed by atoms with van der Waals surface area (Å²) >= 11 is 0. The maximum absolute atomic E-state index is 4.10. The summed E-state index contributed by atoms with van der Waals surface area (Å²) in [6, 6.07) is 29.9. The maximum atomic E-state index is 4.10. The minimum Gasteiger partial charge on any atom is -0.306 e. The molecule has 26 heavy (non-hydrogen) atoms. The van der Waals surface area contributed by atoms with Crippen molar-refractivity contribution in [3.05, 3.63) is 120 Å². The Bertz CT molecular complexity index is 875. The number of rotatable bonds is 6. The Morgan fingerprint density at radius 1 is 0.769 bits per heavy atom. The Labute approximate surface area is 154 Å². The van der Waals surface area contributed by atoms with Gasteiger partial charge in [0.2, 0.25) is 0 Å². The Balaban J connectivity index is 1.52. The number of hydrogen-bond acceptors (Lipinski definition) is 2. The highest BCUT2D eigenvalue weighted by molar-refractivity contribution is 5.35. The highest BCUT2D eigenvalue weighted by Crippen LogP contribution is 2.22. The van der Waals surface area contributed by atoms with E-state index in [2.05, 4.69) is 95.2 Å². The van der Waals surface area contributed by atoms with Gasteiger partial charge in [0, 0.05) is 24.6 Å². The van der Waals surface area contributed by atoms with Crippen molar-refractivity contribution in [3.63, 3.8) is 0 Å². The minimum absolute atomic E-state index is 0.172. The standard InChI is InChI=1S/C23H21N3/c1-3-7-20(8-4-1)23(21-9-5-2-6-10-21)25-17-19-11-13-22(14-12-19)26-16-15-24-18-26/h1-16,18,23,25H,17H2. The Morgan fingerprint density at radius 2 is 1.38 bits per heavy atom. The third-order valence-electron chi connectivity index (χ3n) is 4.52. The number of imidazole rings is 1. The van der Waals surface area contributed by atoms with Gasteiger partial charge < -0.3 is 9.88 Å². The number of hydrogen-bond donors (Lipinski definition) is 1. The molecular formula is C23H21N3. The van der Waals surface area contributed by atoms with Gasteiger partial charge in [0.05, 0.1) is 12.4 Å². The average molecular weight is 339 g/mol. The molecule has 3 heteroatoms. The van der Waals surface area contributed by atoms with Crippen molar-refractivity contribution in [2.45, 2.75) is 12.6 Å². The van der Waals surface area contributed by atoms with Gasteiger partial charge in [0.15, 0.2) is 0 Å². The molecule has 0 bridgehead atoms. The van der Waals surface area contributed by atoms with Crippen molar-refractivity contribution in [3.8, 4) is 5.69 Å². The molecule has 0 unspecified atom stereocenters. The van der Waals surface area contributed by atoms with Gasteiger partial charge in [-0.3, -0.25) is 0 Å². The lowest BCUT2D eigenvalue weighted by molar-refractivity contribution is 0.605. The van der Waals surface area contributed by atoms with Crippen LogP contribution in [-0.2, 0) is 6.54 Å². The normalized spacial score (nSPS) is 11.0. The van der Waals surface area contributed by atoms with E-state index in [-0.39, 0.29) is 6.04 Å². The number of aromatic nitrogens is 2. The largest absolute Gasteiger partial charge is 0.306 e. The second kappa shape index (κ2) is 7.81. The summed E-state index contributed by atoms with van der Waals surface area (Å²) in [5.41, 5.74) is 4.92. The summed E-state index contributed by atoms with van der Waals surface area (Å²) < 4.78 is 2.01. The van der Waals surface area contributed by atoms with Crippen molar-refractivity contribution in [1.29, 1.82) is 0 Å². The van der Waals surface area contributed by atoms with E-state index in [9.17, 15) is 0 Å². The number of benzene rings is 3. The van der Waals surface area contributed by atoms with Crippen LogP contribution in [0.4, 0.5) is 0 Å². The van der Waals surface area contributed by atoms with E-state index in [1.54, 1.807) is 6.20 Å². The molecule has 3 nitrogen and oxygen atoms in total. The van der Waals surface area contributed by atoms with Crippen molar-refractivity contribution in [2.24, 2.45) is 0 Å². The first-order valence-corrected chi connectivity index (χ1v) is 8.81. The molecule has 0 spiro atoms. The van der Waals surface area contributed by atoms with E-state index in [0.717, 1.165) is 12.2 Å². The van der Waals surface area contributed by atoms with Crippen LogP contribution in [0.3, 0.4) is 0 Å². The minimum atomic E-state index is 0.172. The van der Waals surface area contributed by atoms with Crippen LogP contribution in [0.15, 0.2) is 104 Å². The van der Waals surface area contributed by atoms with E-state index >= 15 is 0 Å². The highest BCUT2D eigenvalue weighted by atomic mass is 15.0. The van der Waals surface area contributed by atoms with Gasteiger partial charge in [-0.05, 0) is 28.8 Å². The predicted octanol–water partition coefficient (Wildman–Crippen LogP) is 4.75. The van der Waals surface area contributed by atoms with Crippen LogP contribution in [0.5, 0.6) is 0 Å². The molecule has 4 aromatic rings. The highest BCUT2D eigenvalue weighted by Gasteiger charge is 2.12. The average Bonchev–Trinajstić information content (AvgIpc) is 3.25. The van der Waals surface area contributed by atoms with Gasteiger partial charge in [0.1, 0.15) is 0 Å². The van der Waals surface area contributed by atoms with Gasteiger partial charge in [-0.25, -0.2) is 4.98 Å². The molecule has 128 valence electrons. The lowest BCUT2D eigenvalue weighted by Gasteiger charge is -2.20. The molecule has 1 aromatic heterocycles. The molecule has 0 saturated carbocycles. The SMILES string of the molecule is c1ccc(C(NCc2ccc(-n3ccnc3)cc2)c2ccccc2)cc1. The van der Waals surface area contributed by atoms with E-state index < -0.39 is 0 Å². The zero-order valence-electron chi connectivity index (χ0n) is 14.5. The van der Waals surface area contributed by atoms with Crippen LogP contribution in [-0.4, -0.2) is 9.55 Å². The fourth-order valence-electron chi connectivity index (χ4n) is 3.14. The Kier molecular flexibility index (Phi) is 4.90. The maximum Gasteiger partial charge on any atom is 0.0991 e. The topological polar surface area (TPSA) is 29.9 Å². The monoisotopic (exact) mass is 339 g/mol. The molecule has 4 rings (SSSR count). The van der Waals surface area contributed by atoms with Crippen LogP contribution >= 0.6 is 0 Å². The third-order valence-corrected chi connectivity index (χ3v) is 4.52. The lowest BCUT2D eigenvalue weighted by atomic mass is 9.98. The van der Waals surface area contributed by atoms with Gasteiger partial charge in [-0.15, -0.1) is 0 Å². The van der Waals surface area contributed by atoms with Gasteiger partial charge in [-0.1, -0.05) is 72.8 Å². The fourth-order valence-corrected chi connectivity index (χ4v) is 3.14. The third kappa shape index (κ3) is 3.73. The zero-order valence-corrected chi connectivity index (χ0v) is 14.5. The summed E-state index contributed by atoms with van der Waals surface area (Å²) in [5, 5.41) is 3.70. The van der Waals surface area contributed by atoms with Crippen LogP contribution < -0.4 is 5.32 Å². The van der Waals surface area contributed by atoms with Crippen molar-refractivity contribution in [2.75, 3.05) is 0 Å². The molecular weight excluding hydrogens is 318 g/mol. The Morgan fingerprint density at radius 3 is 1.92 bits per heavy atom. The zero-order chi connectivity index (χ0) is 17.6. The first-order chi connectivity index (χ1) is 12.9. The quantitative estimate of drug-likeness (QED) is 0.549. The molecule has 0 aliphatic rings. The van der Waals surface area contributed by atoms with Gasteiger partial charge >= 0.3 is 0 Å². The summed E-state index contributed by atoms with van der Waals surface area (Å²) in [6.45, 7) is 0.804. The fraction of sp³-hybridized carbons (Fsp3) is 0.0870. The first kappa shape index (κ1) is 16.3. The van der Waals surface area contributed by atoms with E-state index in [1.165, 1.54) is 16.7 Å². The van der Waals surface area contributed by atoms with Crippen molar-refractivity contribution in [1.82, 2.24) is 14.9 Å². The van der Waals surface area contributed by atoms with Gasteiger partial charge in [0.25, 0.3) is 0 Å². The first-order valence-electron chi connectivity index (χ1n) is 8.81. The van der Waals surface area contributed by atoms with Crippen LogP contribution in [0.25, 0.3) is 5.69 Å². The van der Waals surface area contributed by atoms with Gasteiger partial charge in [-0.2, -0.15) is 0 Å². The summed E-state index contributed by atoms with van der Waals surface area (Å²) in [6.07, 6.45) is 5.56. The number of nitrogens with one attached hydrogen (secondary N) is 1. The van der Waals surface area contributed by atoms with Crippen molar-refractivity contribution < 1.29 is 0 Å². The smallest absolute Gasteiger partial charge is 0.0991 e. The summed E-state index contributed by atoms with van der Waals surface area (Å²) in [4.78, 5) is 4.10. The van der Waals surface area contributed by atoms with E-state index in [0.29, 0.717) is 0 Å². The molecule has 1 N–H and O–H groups in total. The van der Waals surface area contributed by atoms with E-state index in [4.69, 9.17) is 0 Å². The van der Waals surface area contributed by atoms with Crippen molar-refractivity contribution >= 4 is 0 Å².